The van der Waals surface area contributed by atoms with Gasteiger partial charge < -0.3 is 10.2 Å². The lowest BCUT2D eigenvalue weighted by atomic mass is 10.1. The first-order chi connectivity index (χ1) is 11.1. The van der Waals surface area contributed by atoms with Gasteiger partial charge in [0, 0.05) is 24.5 Å². The van der Waals surface area contributed by atoms with Crippen LogP contribution in [0.5, 0.6) is 0 Å². The molecule has 5 heteroatoms. The van der Waals surface area contributed by atoms with Crippen molar-refractivity contribution in [3.8, 4) is 0 Å². The van der Waals surface area contributed by atoms with E-state index in [2.05, 4.69) is 10.3 Å². The van der Waals surface area contributed by atoms with E-state index < -0.39 is 6.04 Å². The minimum Gasteiger partial charge on any atom is -0.331 e. The van der Waals surface area contributed by atoms with Gasteiger partial charge in [-0.05, 0) is 43.5 Å². The molecule has 0 bridgehead atoms. The third-order valence-electron chi connectivity index (χ3n) is 4.28. The fourth-order valence-electron chi connectivity index (χ4n) is 3.20. The molecule has 5 nitrogen and oxygen atoms in total. The van der Waals surface area contributed by atoms with Gasteiger partial charge in [0.15, 0.2) is 0 Å². The summed E-state index contributed by atoms with van der Waals surface area (Å²) in [5.74, 6) is -0.0699. The summed E-state index contributed by atoms with van der Waals surface area (Å²) < 4.78 is 0. The third kappa shape index (κ3) is 3.04. The molecule has 0 radical (unpaired) electrons. The van der Waals surface area contributed by atoms with Crippen molar-refractivity contribution in [1.29, 1.82) is 0 Å². The molecule has 0 spiro atoms. The molecule has 1 aliphatic rings. The second-order valence-corrected chi connectivity index (χ2v) is 5.99. The SMILES string of the molecule is CCC(C(=O)Nc1cc(C)cc2cccnc12)N1CCCC1=O. The fourth-order valence-corrected chi connectivity index (χ4v) is 3.20. The molecule has 120 valence electrons. The summed E-state index contributed by atoms with van der Waals surface area (Å²) >= 11 is 0. The smallest absolute Gasteiger partial charge is 0.247 e. The third-order valence-corrected chi connectivity index (χ3v) is 4.28. The molecule has 1 atom stereocenters. The Balaban J connectivity index is 1.88. The molecule has 0 saturated carbocycles. The van der Waals surface area contributed by atoms with E-state index in [9.17, 15) is 9.59 Å². The standard InChI is InChI=1S/C18H21N3O2/c1-3-15(21-9-5-7-16(21)22)18(23)20-14-11-12(2)10-13-6-4-8-19-17(13)14/h4,6,8,10-11,15H,3,5,7,9H2,1-2H3,(H,20,23). The van der Waals surface area contributed by atoms with Crippen LogP contribution >= 0.6 is 0 Å². The van der Waals surface area contributed by atoms with Crippen molar-refractivity contribution in [2.75, 3.05) is 11.9 Å². The molecule has 1 N–H and O–H groups in total. The molecule has 3 rings (SSSR count). The van der Waals surface area contributed by atoms with E-state index in [4.69, 9.17) is 0 Å². The average Bonchev–Trinajstić information content (AvgIpc) is 2.94. The molecule has 2 heterocycles. The summed E-state index contributed by atoms with van der Waals surface area (Å²) in [5, 5.41) is 3.97. The highest BCUT2D eigenvalue weighted by Gasteiger charge is 2.31. The highest BCUT2D eigenvalue weighted by atomic mass is 16.2. The zero-order valence-electron chi connectivity index (χ0n) is 13.5. The Kier molecular flexibility index (Phi) is 4.28. The normalized spacial score (nSPS) is 15.9. The molecule has 2 aromatic rings. The summed E-state index contributed by atoms with van der Waals surface area (Å²) in [5.41, 5.74) is 2.54. The molecule has 1 saturated heterocycles. The second kappa shape index (κ2) is 6.36. The van der Waals surface area contributed by atoms with Gasteiger partial charge in [-0.2, -0.15) is 0 Å². The number of carbonyl (C=O) groups excluding carboxylic acids is 2. The van der Waals surface area contributed by atoms with Crippen LogP contribution in [0.1, 0.15) is 31.7 Å². The molecular weight excluding hydrogens is 290 g/mol. The van der Waals surface area contributed by atoms with Crippen LogP contribution in [-0.4, -0.2) is 34.3 Å². The van der Waals surface area contributed by atoms with Crippen molar-refractivity contribution >= 4 is 28.4 Å². The number of amides is 2. The molecule has 1 aliphatic heterocycles. The summed E-state index contributed by atoms with van der Waals surface area (Å²) in [7, 11) is 0. The van der Waals surface area contributed by atoms with Gasteiger partial charge >= 0.3 is 0 Å². The van der Waals surface area contributed by atoms with Gasteiger partial charge in [0.25, 0.3) is 0 Å². The van der Waals surface area contributed by atoms with E-state index >= 15 is 0 Å². The highest BCUT2D eigenvalue weighted by Crippen LogP contribution is 2.24. The maximum absolute atomic E-state index is 12.7. The van der Waals surface area contributed by atoms with Crippen molar-refractivity contribution in [1.82, 2.24) is 9.88 Å². The van der Waals surface area contributed by atoms with E-state index in [-0.39, 0.29) is 11.8 Å². The monoisotopic (exact) mass is 311 g/mol. The van der Waals surface area contributed by atoms with Crippen LogP contribution in [0.4, 0.5) is 5.69 Å². The van der Waals surface area contributed by atoms with Gasteiger partial charge in [-0.25, -0.2) is 0 Å². The van der Waals surface area contributed by atoms with E-state index in [1.54, 1.807) is 11.1 Å². The zero-order valence-corrected chi connectivity index (χ0v) is 13.5. The van der Waals surface area contributed by atoms with E-state index in [0.717, 1.165) is 22.9 Å². The molecular formula is C18H21N3O2. The van der Waals surface area contributed by atoms with Gasteiger partial charge in [0.05, 0.1) is 11.2 Å². The maximum atomic E-state index is 12.7. The Morgan fingerprint density at radius 1 is 1.43 bits per heavy atom. The predicted molar refractivity (Wildman–Crippen MR) is 90.1 cm³/mol. The Labute approximate surface area is 135 Å². The summed E-state index contributed by atoms with van der Waals surface area (Å²) in [6.45, 7) is 4.59. The Morgan fingerprint density at radius 3 is 2.96 bits per heavy atom. The van der Waals surface area contributed by atoms with Gasteiger partial charge in [-0.3, -0.25) is 14.6 Å². The number of carbonyl (C=O) groups is 2. The van der Waals surface area contributed by atoms with Gasteiger partial charge in [0.1, 0.15) is 6.04 Å². The average molecular weight is 311 g/mol. The Hall–Kier alpha value is -2.43. The van der Waals surface area contributed by atoms with Gasteiger partial charge in [-0.1, -0.05) is 13.0 Å². The molecule has 1 aromatic heterocycles. The predicted octanol–water partition coefficient (Wildman–Crippen LogP) is 2.88. The number of aryl methyl sites for hydroxylation is 1. The van der Waals surface area contributed by atoms with Crippen LogP contribution in [-0.2, 0) is 9.59 Å². The largest absolute Gasteiger partial charge is 0.331 e. The van der Waals surface area contributed by atoms with E-state index in [1.165, 1.54) is 0 Å². The van der Waals surface area contributed by atoms with Crippen LogP contribution in [0.15, 0.2) is 30.5 Å². The van der Waals surface area contributed by atoms with Crippen molar-refractivity contribution in [3.63, 3.8) is 0 Å². The number of hydrogen-bond donors (Lipinski definition) is 1. The zero-order chi connectivity index (χ0) is 16.4. The van der Waals surface area contributed by atoms with Crippen molar-refractivity contribution in [2.45, 2.75) is 39.2 Å². The van der Waals surface area contributed by atoms with E-state index in [1.807, 2.05) is 38.1 Å². The number of nitrogens with zero attached hydrogens (tertiary/aromatic N) is 2. The first-order valence-corrected chi connectivity index (χ1v) is 8.06. The highest BCUT2D eigenvalue weighted by molar-refractivity contribution is 6.03. The molecule has 2 amide bonds. The lowest BCUT2D eigenvalue weighted by molar-refractivity contribution is -0.135. The van der Waals surface area contributed by atoms with Crippen LogP contribution in [0.25, 0.3) is 10.9 Å². The van der Waals surface area contributed by atoms with Crippen molar-refractivity contribution < 1.29 is 9.59 Å². The summed E-state index contributed by atoms with van der Waals surface area (Å²) in [6.07, 6.45) is 3.69. The van der Waals surface area contributed by atoms with Gasteiger partial charge in [0.2, 0.25) is 11.8 Å². The number of rotatable bonds is 4. The molecule has 0 aliphatic carbocycles. The number of likely N-dealkylation sites (tertiary alicyclic amines) is 1. The fraction of sp³-hybridized carbons (Fsp3) is 0.389. The topological polar surface area (TPSA) is 62.3 Å². The maximum Gasteiger partial charge on any atom is 0.247 e. The first-order valence-electron chi connectivity index (χ1n) is 8.06. The number of hydrogen-bond acceptors (Lipinski definition) is 3. The van der Waals surface area contributed by atoms with Crippen LogP contribution < -0.4 is 5.32 Å². The lowest BCUT2D eigenvalue weighted by Gasteiger charge is -2.26. The minimum atomic E-state index is -0.413. The van der Waals surface area contributed by atoms with Crippen molar-refractivity contribution in [3.05, 3.63) is 36.0 Å². The summed E-state index contributed by atoms with van der Waals surface area (Å²) in [4.78, 5) is 30.7. The first kappa shape index (κ1) is 15.5. The Morgan fingerprint density at radius 2 is 2.26 bits per heavy atom. The van der Waals surface area contributed by atoms with Crippen LogP contribution in [0, 0.1) is 6.92 Å². The van der Waals surface area contributed by atoms with Crippen LogP contribution in [0.3, 0.4) is 0 Å². The van der Waals surface area contributed by atoms with Crippen LogP contribution in [0.2, 0.25) is 0 Å². The van der Waals surface area contributed by atoms with Gasteiger partial charge in [-0.15, -0.1) is 0 Å². The number of nitrogens with one attached hydrogen (secondary N) is 1. The summed E-state index contributed by atoms with van der Waals surface area (Å²) in [6, 6.07) is 7.41. The van der Waals surface area contributed by atoms with E-state index in [0.29, 0.717) is 25.1 Å². The molecule has 1 fully saturated rings. The number of fused-ring (bicyclic) bond motifs is 1. The molecule has 1 aromatic carbocycles. The Bertz CT molecular complexity index is 757. The number of aromatic nitrogens is 1. The number of benzene rings is 1. The minimum absolute atomic E-state index is 0.0687. The van der Waals surface area contributed by atoms with Crippen molar-refractivity contribution in [2.24, 2.45) is 0 Å². The molecule has 23 heavy (non-hydrogen) atoms. The number of anilines is 1. The quantitative estimate of drug-likeness (QED) is 0.944. The second-order valence-electron chi connectivity index (χ2n) is 5.99. The lowest BCUT2D eigenvalue weighted by Crippen LogP contribution is -2.44. The number of pyridine rings is 1. The molecule has 1 unspecified atom stereocenters.